The summed E-state index contributed by atoms with van der Waals surface area (Å²) in [4.78, 5) is 14.7. The SMILES string of the molecule is CCOc1cccc(NC(=O)c2ccc(Cl)c(S(=O)(=O)N3CCN(C)CC3)c2)c1. The third-order valence-corrected chi connectivity index (χ3v) is 7.06. The number of halogens is 1. The van der Waals surface area contributed by atoms with Crippen molar-refractivity contribution in [3.63, 3.8) is 0 Å². The van der Waals surface area contributed by atoms with Crippen LogP contribution in [0.3, 0.4) is 0 Å². The second-order valence-electron chi connectivity index (χ2n) is 6.77. The number of carbonyl (C=O) groups excluding carboxylic acids is 1. The van der Waals surface area contributed by atoms with E-state index in [4.69, 9.17) is 16.3 Å². The number of rotatable bonds is 6. The van der Waals surface area contributed by atoms with Crippen LogP contribution in [0.15, 0.2) is 47.4 Å². The van der Waals surface area contributed by atoms with Gasteiger partial charge in [0.2, 0.25) is 10.0 Å². The smallest absolute Gasteiger partial charge is 0.255 e. The van der Waals surface area contributed by atoms with Gasteiger partial charge in [0, 0.05) is 43.5 Å². The number of likely N-dealkylation sites (N-methyl/N-ethyl adjacent to an activating group) is 1. The predicted molar refractivity (Wildman–Crippen MR) is 113 cm³/mol. The van der Waals surface area contributed by atoms with Gasteiger partial charge in [0.15, 0.2) is 0 Å². The quantitative estimate of drug-likeness (QED) is 0.751. The number of carbonyl (C=O) groups is 1. The van der Waals surface area contributed by atoms with E-state index in [1.54, 1.807) is 24.3 Å². The molecule has 1 aliphatic heterocycles. The van der Waals surface area contributed by atoms with Crippen molar-refractivity contribution in [3.8, 4) is 5.75 Å². The van der Waals surface area contributed by atoms with E-state index < -0.39 is 15.9 Å². The van der Waals surface area contributed by atoms with Gasteiger partial charge in [-0.3, -0.25) is 4.79 Å². The molecule has 0 spiro atoms. The molecule has 1 amide bonds. The van der Waals surface area contributed by atoms with Gasteiger partial charge in [-0.1, -0.05) is 17.7 Å². The maximum Gasteiger partial charge on any atom is 0.255 e. The van der Waals surface area contributed by atoms with E-state index in [0.29, 0.717) is 44.2 Å². The molecule has 29 heavy (non-hydrogen) atoms. The molecule has 2 aromatic carbocycles. The first-order valence-corrected chi connectivity index (χ1v) is 11.2. The monoisotopic (exact) mass is 437 g/mol. The normalized spacial score (nSPS) is 15.8. The lowest BCUT2D eigenvalue weighted by molar-refractivity contribution is 0.102. The summed E-state index contributed by atoms with van der Waals surface area (Å²) in [6, 6.07) is 11.3. The number of nitrogens with one attached hydrogen (secondary N) is 1. The Hall–Kier alpha value is -2.13. The molecule has 1 fully saturated rings. The molecule has 1 aliphatic rings. The summed E-state index contributed by atoms with van der Waals surface area (Å²) in [6.45, 7) is 4.45. The van der Waals surface area contributed by atoms with Crippen LogP contribution in [0.2, 0.25) is 5.02 Å². The summed E-state index contributed by atoms with van der Waals surface area (Å²) < 4.78 is 32.9. The molecule has 0 saturated carbocycles. The number of hydrogen-bond donors (Lipinski definition) is 1. The predicted octanol–water partition coefficient (Wildman–Crippen LogP) is 2.93. The van der Waals surface area contributed by atoms with Crippen LogP contribution in [0, 0.1) is 0 Å². The van der Waals surface area contributed by atoms with Gasteiger partial charge in [-0.25, -0.2) is 8.42 Å². The lowest BCUT2D eigenvalue weighted by Gasteiger charge is -2.31. The van der Waals surface area contributed by atoms with E-state index >= 15 is 0 Å². The van der Waals surface area contributed by atoms with E-state index in [2.05, 4.69) is 10.2 Å². The van der Waals surface area contributed by atoms with Crippen LogP contribution in [0.4, 0.5) is 5.69 Å². The van der Waals surface area contributed by atoms with Crippen LogP contribution in [-0.2, 0) is 10.0 Å². The molecule has 0 aromatic heterocycles. The third-order valence-electron chi connectivity index (χ3n) is 4.68. The van der Waals surface area contributed by atoms with E-state index in [1.807, 2.05) is 14.0 Å². The molecule has 0 atom stereocenters. The van der Waals surface area contributed by atoms with Gasteiger partial charge in [0.25, 0.3) is 5.91 Å². The van der Waals surface area contributed by atoms with Crippen molar-refractivity contribution in [2.75, 3.05) is 45.2 Å². The minimum atomic E-state index is -3.78. The number of amides is 1. The number of piperazine rings is 1. The maximum absolute atomic E-state index is 13.0. The average Bonchev–Trinajstić information content (AvgIpc) is 2.69. The van der Waals surface area contributed by atoms with Gasteiger partial charge in [-0.15, -0.1) is 0 Å². The molecule has 156 valence electrons. The molecule has 1 heterocycles. The fraction of sp³-hybridized carbons (Fsp3) is 0.350. The first kappa shape index (κ1) is 21.6. The molecular weight excluding hydrogens is 414 g/mol. The number of ether oxygens (including phenoxy) is 1. The Labute approximate surface area is 176 Å². The second-order valence-corrected chi connectivity index (χ2v) is 9.08. The summed E-state index contributed by atoms with van der Waals surface area (Å²) in [6.07, 6.45) is 0. The van der Waals surface area contributed by atoms with Crippen LogP contribution in [0.5, 0.6) is 5.75 Å². The zero-order valence-electron chi connectivity index (χ0n) is 16.4. The van der Waals surface area contributed by atoms with Gasteiger partial charge in [0.1, 0.15) is 10.6 Å². The Morgan fingerprint density at radius 3 is 2.55 bits per heavy atom. The van der Waals surface area contributed by atoms with Crippen LogP contribution in [0.25, 0.3) is 0 Å². The Morgan fingerprint density at radius 1 is 1.14 bits per heavy atom. The zero-order chi connectivity index (χ0) is 21.0. The lowest BCUT2D eigenvalue weighted by Crippen LogP contribution is -2.47. The van der Waals surface area contributed by atoms with Gasteiger partial charge in [-0.2, -0.15) is 4.31 Å². The van der Waals surface area contributed by atoms with Crippen LogP contribution < -0.4 is 10.1 Å². The van der Waals surface area contributed by atoms with Gasteiger partial charge < -0.3 is 15.0 Å². The van der Waals surface area contributed by atoms with E-state index in [1.165, 1.54) is 22.5 Å². The van der Waals surface area contributed by atoms with E-state index in [-0.39, 0.29) is 15.5 Å². The first-order valence-electron chi connectivity index (χ1n) is 9.33. The van der Waals surface area contributed by atoms with Crippen molar-refractivity contribution >= 4 is 33.2 Å². The van der Waals surface area contributed by atoms with Crippen LogP contribution >= 0.6 is 11.6 Å². The molecule has 0 bridgehead atoms. The number of hydrogen-bond acceptors (Lipinski definition) is 5. The van der Waals surface area contributed by atoms with Crippen LogP contribution in [0.1, 0.15) is 17.3 Å². The first-order chi connectivity index (χ1) is 13.8. The number of anilines is 1. The molecule has 0 aliphatic carbocycles. The maximum atomic E-state index is 13.0. The van der Waals surface area contributed by atoms with E-state index in [0.717, 1.165) is 0 Å². The molecule has 0 radical (unpaired) electrons. The number of sulfonamides is 1. The van der Waals surface area contributed by atoms with Gasteiger partial charge >= 0.3 is 0 Å². The zero-order valence-corrected chi connectivity index (χ0v) is 18.0. The molecule has 0 unspecified atom stereocenters. The highest BCUT2D eigenvalue weighted by molar-refractivity contribution is 7.89. The highest BCUT2D eigenvalue weighted by atomic mass is 35.5. The molecular formula is C20H24ClN3O4S. The number of nitrogens with zero attached hydrogens (tertiary/aromatic N) is 2. The summed E-state index contributed by atoms with van der Waals surface area (Å²) in [7, 11) is -1.84. The highest BCUT2D eigenvalue weighted by Crippen LogP contribution is 2.27. The molecule has 3 rings (SSSR count). The van der Waals surface area contributed by atoms with Gasteiger partial charge in [-0.05, 0) is 44.3 Å². The largest absolute Gasteiger partial charge is 0.494 e. The summed E-state index contributed by atoms with van der Waals surface area (Å²) in [5.41, 5.74) is 0.767. The Balaban J connectivity index is 1.83. The van der Waals surface area contributed by atoms with Crippen molar-refractivity contribution in [1.29, 1.82) is 0 Å². The van der Waals surface area contributed by atoms with Gasteiger partial charge in [0.05, 0.1) is 11.6 Å². The molecule has 1 saturated heterocycles. The van der Waals surface area contributed by atoms with E-state index in [9.17, 15) is 13.2 Å². The van der Waals surface area contributed by atoms with Crippen LogP contribution in [-0.4, -0.2) is 63.4 Å². The number of benzene rings is 2. The Bertz CT molecular complexity index is 989. The standard InChI is InChI=1S/C20H24ClN3O4S/c1-3-28-17-6-4-5-16(14-17)22-20(25)15-7-8-18(21)19(13-15)29(26,27)24-11-9-23(2)10-12-24/h4-8,13-14H,3,9-12H2,1-2H3,(H,22,25). The summed E-state index contributed by atoms with van der Waals surface area (Å²) in [5, 5.41) is 2.86. The molecule has 1 N–H and O–H groups in total. The average molecular weight is 438 g/mol. The second kappa shape index (κ2) is 9.13. The molecule has 2 aromatic rings. The topological polar surface area (TPSA) is 78.9 Å². The van der Waals surface area contributed by atoms with Crippen molar-refractivity contribution in [2.45, 2.75) is 11.8 Å². The summed E-state index contributed by atoms with van der Waals surface area (Å²) >= 11 is 6.18. The van der Waals surface area contributed by atoms with Crippen molar-refractivity contribution in [3.05, 3.63) is 53.1 Å². The summed E-state index contributed by atoms with van der Waals surface area (Å²) in [5.74, 6) is 0.213. The minimum Gasteiger partial charge on any atom is -0.494 e. The van der Waals surface area contributed by atoms with Crippen molar-refractivity contribution in [2.24, 2.45) is 0 Å². The highest BCUT2D eigenvalue weighted by Gasteiger charge is 2.30. The molecule has 7 nitrogen and oxygen atoms in total. The fourth-order valence-corrected chi connectivity index (χ4v) is 4.97. The van der Waals surface area contributed by atoms with Crippen molar-refractivity contribution < 1.29 is 17.9 Å². The molecule has 9 heteroatoms. The fourth-order valence-electron chi connectivity index (χ4n) is 3.04. The minimum absolute atomic E-state index is 0.0561. The Kier molecular flexibility index (Phi) is 6.79. The van der Waals surface area contributed by atoms with Crippen molar-refractivity contribution in [1.82, 2.24) is 9.21 Å². The lowest BCUT2D eigenvalue weighted by atomic mass is 10.2. The Morgan fingerprint density at radius 2 is 1.86 bits per heavy atom. The third kappa shape index (κ3) is 5.08.